The maximum atomic E-state index is 13.6. The van der Waals surface area contributed by atoms with Crippen molar-refractivity contribution < 1.29 is 43.2 Å². The van der Waals surface area contributed by atoms with Crippen LogP contribution in [0.4, 0.5) is 10.5 Å². The van der Waals surface area contributed by atoms with Crippen LogP contribution in [0.3, 0.4) is 0 Å². The summed E-state index contributed by atoms with van der Waals surface area (Å²) in [5, 5.41) is 17.2. The Bertz CT molecular complexity index is 2280. The van der Waals surface area contributed by atoms with Crippen LogP contribution in [0.5, 0.6) is 5.75 Å². The fourth-order valence-corrected chi connectivity index (χ4v) is 6.81. The molecule has 0 radical (unpaired) electrons. The van der Waals surface area contributed by atoms with Gasteiger partial charge in [-0.3, -0.25) is 9.59 Å². The quantitative estimate of drug-likeness (QED) is 0.116. The van der Waals surface area contributed by atoms with Gasteiger partial charge >= 0.3 is 18.0 Å². The first-order valence-electron chi connectivity index (χ1n) is 18.6. The zero-order valence-corrected chi connectivity index (χ0v) is 33.0. The zero-order chi connectivity index (χ0) is 40.7. The number of amides is 2. The minimum Gasteiger partial charge on any atom is -0.489 e. The summed E-state index contributed by atoms with van der Waals surface area (Å²) < 4.78 is 23.7. The molecule has 2 aliphatic rings. The topological polar surface area (TPSA) is 184 Å². The molecular weight excluding hydrogens is 720 g/mol. The molecular formula is C42H48N4O10. The standard InChI is InChI=1S/C42H48N4O10/c1-9-26-27-18-25(14-15-31(27)44-35-28(26)20-46-33(35)19-30-29(36(46)48)22-54-38(50)42(30,8)52)53-21-23-10-12-24(13-11-23)43-34(47)17-16-32(37(49)55-40(2,3)4)45-39(51)56-41(5,6)7/h10-15,18-19,32,52H,9,16-17,20-22H2,1-8H3,(H,43,47)(H,45,51)/t32-,42-/m0/s1. The van der Waals surface area contributed by atoms with E-state index in [-0.39, 0.29) is 48.6 Å². The van der Waals surface area contributed by atoms with Gasteiger partial charge in [0.25, 0.3) is 5.56 Å². The molecule has 0 unspecified atom stereocenters. The lowest BCUT2D eigenvalue weighted by Gasteiger charge is -2.29. The molecule has 2 aromatic carbocycles. The van der Waals surface area contributed by atoms with Crippen LogP contribution in [0.25, 0.3) is 22.3 Å². The van der Waals surface area contributed by atoms with E-state index in [9.17, 15) is 29.1 Å². The van der Waals surface area contributed by atoms with Crippen LogP contribution in [-0.2, 0) is 60.4 Å². The number of pyridine rings is 2. The number of carbonyl (C=O) groups excluding carboxylic acids is 4. The predicted octanol–water partition coefficient (Wildman–Crippen LogP) is 5.78. The molecule has 0 aliphatic carbocycles. The van der Waals surface area contributed by atoms with E-state index in [4.69, 9.17) is 23.9 Å². The fourth-order valence-electron chi connectivity index (χ4n) is 6.81. The van der Waals surface area contributed by atoms with Crippen molar-refractivity contribution in [1.29, 1.82) is 0 Å². The number of rotatable bonds is 10. The van der Waals surface area contributed by atoms with Gasteiger partial charge in [0.05, 0.1) is 29.0 Å². The third kappa shape index (κ3) is 8.55. The van der Waals surface area contributed by atoms with Gasteiger partial charge in [-0.05, 0) is 109 Å². The second kappa shape index (κ2) is 15.1. The number of nitrogens with one attached hydrogen (secondary N) is 2. The van der Waals surface area contributed by atoms with Crippen molar-refractivity contribution in [3.8, 4) is 17.1 Å². The third-order valence-electron chi connectivity index (χ3n) is 9.44. The minimum atomic E-state index is -1.94. The highest BCUT2D eigenvalue weighted by Crippen LogP contribution is 2.40. The van der Waals surface area contributed by atoms with Gasteiger partial charge in [-0.1, -0.05) is 19.1 Å². The Morgan fingerprint density at radius 1 is 0.982 bits per heavy atom. The maximum absolute atomic E-state index is 13.6. The summed E-state index contributed by atoms with van der Waals surface area (Å²) in [6.07, 6.45) is -0.171. The SMILES string of the molecule is CCc1c2c(nc3ccc(OCc4ccc(NC(=O)CC[C@H](NC(=O)OC(C)(C)C)C(=O)OC(C)(C)C)cc4)cc13)-c1cc3c(c(=O)n1C2)COC(=O)[C@@]3(C)O. The summed E-state index contributed by atoms with van der Waals surface area (Å²) in [4.78, 5) is 68.9. The largest absolute Gasteiger partial charge is 0.489 e. The molecule has 56 heavy (non-hydrogen) atoms. The number of aliphatic hydroxyl groups is 1. The lowest BCUT2D eigenvalue weighted by atomic mass is 9.89. The normalized spacial score (nSPS) is 16.6. The fraction of sp³-hybridized carbons (Fsp3) is 0.429. The van der Waals surface area contributed by atoms with Gasteiger partial charge in [0.2, 0.25) is 5.91 Å². The van der Waals surface area contributed by atoms with E-state index < -0.39 is 40.9 Å². The van der Waals surface area contributed by atoms with Crippen molar-refractivity contribution in [1.82, 2.24) is 14.9 Å². The number of aryl methyl sites for hydroxylation is 1. The molecule has 2 amide bonds. The highest BCUT2D eigenvalue weighted by molar-refractivity contribution is 5.92. The molecule has 2 aliphatic heterocycles. The first-order valence-corrected chi connectivity index (χ1v) is 18.6. The number of hydrogen-bond donors (Lipinski definition) is 3. The van der Waals surface area contributed by atoms with Gasteiger partial charge in [0, 0.05) is 28.6 Å². The molecule has 4 aromatic rings. The minimum absolute atomic E-state index is 0.00382. The first kappa shape index (κ1) is 39.9. The Balaban J connectivity index is 1.10. The Morgan fingerprint density at radius 3 is 2.34 bits per heavy atom. The number of hydrogen-bond acceptors (Lipinski definition) is 11. The van der Waals surface area contributed by atoms with Crippen molar-refractivity contribution in [3.05, 3.63) is 86.7 Å². The Labute approximate surface area is 324 Å². The summed E-state index contributed by atoms with van der Waals surface area (Å²) >= 11 is 0. The molecule has 0 saturated heterocycles. The summed E-state index contributed by atoms with van der Waals surface area (Å²) in [5.41, 5.74) is 1.95. The lowest BCUT2D eigenvalue weighted by molar-refractivity contribution is -0.169. The molecule has 3 N–H and O–H groups in total. The number of fused-ring (bicyclic) bond motifs is 5. The van der Waals surface area contributed by atoms with Crippen LogP contribution < -0.4 is 20.9 Å². The van der Waals surface area contributed by atoms with Crippen LogP contribution in [-0.4, -0.2) is 55.8 Å². The average molecular weight is 769 g/mol. The van der Waals surface area contributed by atoms with Gasteiger partial charge in [0.1, 0.15) is 36.2 Å². The molecule has 14 nitrogen and oxygen atoms in total. The predicted molar refractivity (Wildman–Crippen MR) is 207 cm³/mol. The molecule has 296 valence electrons. The van der Waals surface area contributed by atoms with E-state index in [0.29, 0.717) is 35.8 Å². The number of esters is 2. The smallest absolute Gasteiger partial charge is 0.408 e. The number of ether oxygens (including phenoxy) is 4. The van der Waals surface area contributed by atoms with Crippen molar-refractivity contribution in [3.63, 3.8) is 0 Å². The molecule has 0 saturated carbocycles. The number of benzene rings is 2. The number of cyclic esters (lactones) is 1. The number of nitrogens with zero attached hydrogens (tertiary/aromatic N) is 2. The summed E-state index contributed by atoms with van der Waals surface area (Å²) in [6, 6.07) is 13.4. The lowest BCUT2D eigenvalue weighted by Crippen LogP contribution is -2.46. The Kier molecular flexibility index (Phi) is 10.7. The van der Waals surface area contributed by atoms with E-state index in [1.807, 2.05) is 37.3 Å². The second-order valence-corrected chi connectivity index (χ2v) is 16.2. The Morgan fingerprint density at radius 2 is 1.68 bits per heavy atom. The van der Waals surface area contributed by atoms with Gasteiger partial charge in [-0.25, -0.2) is 19.4 Å². The van der Waals surface area contributed by atoms with Gasteiger partial charge in [0.15, 0.2) is 5.60 Å². The maximum Gasteiger partial charge on any atom is 0.408 e. The summed E-state index contributed by atoms with van der Waals surface area (Å²) in [5.74, 6) is -1.18. The average Bonchev–Trinajstić information content (AvgIpc) is 3.47. The van der Waals surface area contributed by atoms with Gasteiger partial charge in [-0.15, -0.1) is 0 Å². The molecule has 2 aromatic heterocycles. The van der Waals surface area contributed by atoms with Crippen molar-refractivity contribution in [2.75, 3.05) is 5.32 Å². The van der Waals surface area contributed by atoms with E-state index in [1.165, 1.54) is 6.92 Å². The highest BCUT2D eigenvalue weighted by atomic mass is 16.6. The number of aromatic nitrogens is 2. The summed E-state index contributed by atoms with van der Waals surface area (Å²) in [6.45, 7) is 14.0. The van der Waals surface area contributed by atoms with Crippen LogP contribution in [0.2, 0.25) is 0 Å². The van der Waals surface area contributed by atoms with E-state index >= 15 is 0 Å². The first-order chi connectivity index (χ1) is 26.2. The number of carbonyl (C=O) groups is 4. The van der Waals surface area contributed by atoms with Crippen LogP contribution in [0.1, 0.15) is 96.0 Å². The highest BCUT2D eigenvalue weighted by Gasteiger charge is 2.43. The zero-order valence-electron chi connectivity index (χ0n) is 33.0. The molecule has 0 bridgehead atoms. The molecule has 14 heteroatoms. The van der Waals surface area contributed by atoms with E-state index in [1.54, 1.807) is 64.3 Å². The van der Waals surface area contributed by atoms with Crippen molar-refractivity contribution in [2.45, 2.75) is 117 Å². The van der Waals surface area contributed by atoms with Crippen LogP contribution in [0, 0.1) is 0 Å². The Hall–Kier alpha value is -5.76. The molecule has 6 rings (SSSR count). The molecule has 0 fully saturated rings. The van der Waals surface area contributed by atoms with E-state index in [0.717, 1.165) is 27.6 Å². The van der Waals surface area contributed by atoms with Crippen molar-refractivity contribution in [2.24, 2.45) is 0 Å². The molecule has 0 spiro atoms. The van der Waals surface area contributed by atoms with E-state index in [2.05, 4.69) is 10.6 Å². The molecule has 4 heterocycles. The summed E-state index contributed by atoms with van der Waals surface area (Å²) in [7, 11) is 0. The van der Waals surface area contributed by atoms with Crippen LogP contribution >= 0.6 is 0 Å². The van der Waals surface area contributed by atoms with Crippen molar-refractivity contribution >= 4 is 40.5 Å². The van der Waals surface area contributed by atoms with Crippen LogP contribution in [0.15, 0.2) is 53.3 Å². The monoisotopic (exact) mass is 768 g/mol. The molecule has 2 atom stereocenters. The number of alkyl carbamates (subject to hydrolysis) is 1. The number of anilines is 1. The third-order valence-corrected chi connectivity index (χ3v) is 9.44. The second-order valence-electron chi connectivity index (χ2n) is 16.2. The van der Waals surface area contributed by atoms with Gasteiger partial charge < -0.3 is 39.3 Å². The van der Waals surface area contributed by atoms with Gasteiger partial charge in [-0.2, -0.15) is 0 Å².